The number of aryl methyl sites for hydroxylation is 2. The van der Waals surface area contributed by atoms with Gasteiger partial charge in [-0.25, -0.2) is 9.50 Å². The SMILES string of the molecule is COc1ccccc1-c1c(C)nn2c(SCC(=O)NCCCOC(C)C)cc(C)nc12. The standard InChI is InChI=1S/C23H30N4O3S/c1-15(2)30-12-8-11-24-20(28)14-31-21-13-16(3)25-23-22(17(4)26-27(21)23)18-9-6-7-10-19(18)29-5/h6-7,9-10,13,15H,8,11-12,14H2,1-5H3,(H,24,28). The van der Waals surface area contributed by atoms with E-state index in [9.17, 15) is 4.79 Å². The summed E-state index contributed by atoms with van der Waals surface area (Å²) in [6, 6.07) is 9.82. The van der Waals surface area contributed by atoms with Gasteiger partial charge in [0.15, 0.2) is 5.65 Å². The predicted molar refractivity (Wildman–Crippen MR) is 124 cm³/mol. The maximum absolute atomic E-state index is 12.3. The highest BCUT2D eigenvalue weighted by Gasteiger charge is 2.19. The third kappa shape index (κ3) is 5.77. The van der Waals surface area contributed by atoms with E-state index in [-0.39, 0.29) is 12.0 Å². The average molecular weight is 443 g/mol. The van der Waals surface area contributed by atoms with Crippen LogP contribution in [0.15, 0.2) is 35.4 Å². The first kappa shape index (κ1) is 23.1. The first-order valence-corrected chi connectivity index (χ1v) is 11.4. The molecule has 0 atom stereocenters. The van der Waals surface area contributed by atoms with Crippen molar-refractivity contribution in [2.24, 2.45) is 0 Å². The van der Waals surface area contributed by atoms with Crippen molar-refractivity contribution in [2.75, 3.05) is 26.0 Å². The summed E-state index contributed by atoms with van der Waals surface area (Å²) in [6.45, 7) is 9.18. The molecule has 1 N–H and O–H groups in total. The highest BCUT2D eigenvalue weighted by molar-refractivity contribution is 7.99. The Morgan fingerprint density at radius 3 is 2.77 bits per heavy atom. The maximum Gasteiger partial charge on any atom is 0.230 e. The number of nitrogens with zero attached hydrogens (tertiary/aromatic N) is 3. The van der Waals surface area contributed by atoms with Crippen molar-refractivity contribution >= 4 is 23.3 Å². The van der Waals surface area contributed by atoms with Crippen LogP contribution in [0.4, 0.5) is 0 Å². The molecule has 7 nitrogen and oxygen atoms in total. The van der Waals surface area contributed by atoms with E-state index in [2.05, 4.69) is 5.32 Å². The molecular formula is C23H30N4O3S. The molecule has 3 rings (SSSR count). The van der Waals surface area contributed by atoms with Crippen LogP contribution >= 0.6 is 11.8 Å². The average Bonchev–Trinajstić information content (AvgIpc) is 3.07. The van der Waals surface area contributed by atoms with E-state index in [4.69, 9.17) is 19.6 Å². The molecule has 8 heteroatoms. The van der Waals surface area contributed by atoms with Gasteiger partial charge < -0.3 is 14.8 Å². The summed E-state index contributed by atoms with van der Waals surface area (Å²) < 4.78 is 12.9. The van der Waals surface area contributed by atoms with Crippen LogP contribution in [0.25, 0.3) is 16.8 Å². The Morgan fingerprint density at radius 2 is 2.03 bits per heavy atom. The number of methoxy groups -OCH3 is 1. The second-order valence-electron chi connectivity index (χ2n) is 7.54. The Bertz CT molecular complexity index is 1050. The highest BCUT2D eigenvalue weighted by atomic mass is 32.2. The molecule has 0 unspecified atom stereocenters. The van der Waals surface area contributed by atoms with Crippen LogP contribution in [0, 0.1) is 13.8 Å². The molecule has 2 aromatic heterocycles. The lowest BCUT2D eigenvalue weighted by Crippen LogP contribution is -2.27. The van der Waals surface area contributed by atoms with Crippen LogP contribution in [0.1, 0.15) is 31.7 Å². The van der Waals surface area contributed by atoms with Crippen LogP contribution in [0.2, 0.25) is 0 Å². The van der Waals surface area contributed by atoms with Gasteiger partial charge in [-0.05, 0) is 46.2 Å². The number of carbonyl (C=O) groups excluding carboxylic acids is 1. The van der Waals surface area contributed by atoms with Crippen molar-refractivity contribution < 1.29 is 14.3 Å². The van der Waals surface area contributed by atoms with Crippen LogP contribution in [-0.4, -0.2) is 52.6 Å². The lowest BCUT2D eigenvalue weighted by atomic mass is 10.1. The van der Waals surface area contributed by atoms with Gasteiger partial charge in [0.25, 0.3) is 0 Å². The first-order valence-electron chi connectivity index (χ1n) is 10.4. The largest absolute Gasteiger partial charge is 0.496 e. The monoisotopic (exact) mass is 442 g/mol. The summed E-state index contributed by atoms with van der Waals surface area (Å²) in [5.74, 6) is 1.08. The zero-order valence-electron chi connectivity index (χ0n) is 18.8. The summed E-state index contributed by atoms with van der Waals surface area (Å²) >= 11 is 1.45. The van der Waals surface area contributed by atoms with Gasteiger partial charge in [0.1, 0.15) is 10.8 Å². The number of amides is 1. The van der Waals surface area contributed by atoms with Crippen molar-refractivity contribution in [3.63, 3.8) is 0 Å². The molecule has 3 aromatic rings. The number of hydrogen-bond acceptors (Lipinski definition) is 6. The summed E-state index contributed by atoms with van der Waals surface area (Å²) in [7, 11) is 1.66. The third-order valence-electron chi connectivity index (χ3n) is 4.68. The molecule has 0 fully saturated rings. The van der Waals surface area contributed by atoms with Crippen molar-refractivity contribution in [1.29, 1.82) is 0 Å². The van der Waals surface area contributed by atoms with Crippen molar-refractivity contribution in [2.45, 2.75) is 45.2 Å². The summed E-state index contributed by atoms with van der Waals surface area (Å²) in [4.78, 5) is 17.0. The van der Waals surface area contributed by atoms with E-state index < -0.39 is 0 Å². The van der Waals surface area contributed by atoms with Gasteiger partial charge in [0.2, 0.25) is 5.91 Å². The molecule has 1 aromatic carbocycles. The molecule has 0 aliphatic carbocycles. The molecule has 0 radical (unpaired) electrons. The minimum atomic E-state index is -0.00834. The van der Waals surface area contributed by atoms with Crippen molar-refractivity contribution in [1.82, 2.24) is 19.9 Å². The Balaban J connectivity index is 1.76. The zero-order chi connectivity index (χ0) is 22.4. The quantitative estimate of drug-likeness (QED) is 0.290. The number of benzene rings is 1. The lowest BCUT2D eigenvalue weighted by Gasteiger charge is -2.10. The smallest absolute Gasteiger partial charge is 0.230 e. The van der Waals surface area contributed by atoms with Crippen LogP contribution in [0.5, 0.6) is 5.75 Å². The number of carbonyl (C=O) groups is 1. The number of nitrogens with one attached hydrogen (secondary N) is 1. The molecule has 1 amide bonds. The second kappa shape index (κ2) is 10.6. The molecule has 2 heterocycles. The number of thioether (sulfide) groups is 1. The normalized spacial score (nSPS) is 11.3. The summed E-state index contributed by atoms with van der Waals surface area (Å²) in [6.07, 6.45) is 1.01. The Morgan fingerprint density at radius 1 is 1.26 bits per heavy atom. The van der Waals surface area contributed by atoms with Gasteiger partial charge >= 0.3 is 0 Å². The summed E-state index contributed by atoms with van der Waals surface area (Å²) in [5.41, 5.74) is 4.39. The van der Waals surface area contributed by atoms with E-state index in [1.807, 2.05) is 62.5 Å². The topological polar surface area (TPSA) is 77.8 Å². The number of hydrogen-bond donors (Lipinski definition) is 1. The van der Waals surface area contributed by atoms with Crippen molar-refractivity contribution in [3.8, 4) is 16.9 Å². The second-order valence-corrected chi connectivity index (χ2v) is 8.54. The van der Waals surface area contributed by atoms with Gasteiger partial charge in [-0.3, -0.25) is 4.79 Å². The molecule has 0 bridgehead atoms. The summed E-state index contributed by atoms with van der Waals surface area (Å²) in [5, 5.41) is 8.54. The number of aromatic nitrogens is 3. The molecule has 0 aliphatic heterocycles. The minimum Gasteiger partial charge on any atom is -0.496 e. The van der Waals surface area contributed by atoms with Gasteiger partial charge in [-0.2, -0.15) is 5.10 Å². The lowest BCUT2D eigenvalue weighted by molar-refractivity contribution is -0.118. The van der Waals surface area contributed by atoms with Gasteiger partial charge in [-0.1, -0.05) is 30.0 Å². The maximum atomic E-state index is 12.3. The molecular weight excluding hydrogens is 412 g/mol. The van der Waals surface area contributed by atoms with E-state index >= 15 is 0 Å². The fraction of sp³-hybridized carbons (Fsp3) is 0.435. The van der Waals surface area contributed by atoms with Crippen LogP contribution in [-0.2, 0) is 9.53 Å². The number of rotatable bonds is 10. The van der Waals surface area contributed by atoms with Gasteiger partial charge in [0.05, 0.1) is 30.2 Å². The molecule has 0 aliphatic rings. The molecule has 166 valence electrons. The Hall–Kier alpha value is -2.58. The van der Waals surface area contributed by atoms with E-state index in [0.717, 1.165) is 45.4 Å². The first-order chi connectivity index (χ1) is 14.9. The van der Waals surface area contributed by atoms with E-state index in [0.29, 0.717) is 18.9 Å². The molecule has 0 saturated heterocycles. The van der Waals surface area contributed by atoms with Gasteiger partial charge in [0, 0.05) is 24.4 Å². The number of para-hydroxylation sites is 1. The Labute approximate surface area is 187 Å². The fourth-order valence-corrected chi connectivity index (χ4v) is 4.17. The number of ether oxygens (including phenoxy) is 2. The molecule has 0 saturated carbocycles. The zero-order valence-corrected chi connectivity index (χ0v) is 19.6. The fourth-order valence-electron chi connectivity index (χ4n) is 3.29. The van der Waals surface area contributed by atoms with Crippen molar-refractivity contribution in [3.05, 3.63) is 41.7 Å². The Kier molecular flexibility index (Phi) is 7.92. The predicted octanol–water partition coefficient (Wildman–Crippen LogP) is 4.05. The van der Waals surface area contributed by atoms with E-state index in [1.54, 1.807) is 7.11 Å². The molecule has 0 spiro atoms. The van der Waals surface area contributed by atoms with Crippen LogP contribution in [0.3, 0.4) is 0 Å². The van der Waals surface area contributed by atoms with Crippen LogP contribution < -0.4 is 10.1 Å². The van der Waals surface area contributed by atoms with E-state index in [1.165, 1.54) is 11.8 Å². The minimum absolute atomic E-state index is 0.00834. The highest BCUT2D eigenvalue weighted by Crippen LogP contribution is 2.35. The number of fused-ring (bicyclic) bond motifs is 1. The molecule has 31 heavy (non-hydrogen) atoms. The van der Waals surface area contributed by atoms with Gasteiger partial charge in [-0.15, -0.1) is 0 Å². The third-order valence-corrected chi connectivity index (χ3v) is 5.67.